The number of sulfonamides is 1. The second kappa shape index (κ2) is 7.16. The van der Waals surface area contributed by atoms with E-state index in [4.69, 9.17) is 5.26 Å². The minimum Gasteiger partial charge on any atom is -0.268 e. The lowest BCUT2D eigenvalue weighted by molar-refractivity contribution is 0.270. The molecule has 126 valence electrons. The topological polar surface area (TPSA) is 87.8 Å². The summed E-state index contributed by atoms with van der Waals surface area (Å²) in [6.07, 6.45) is 7.41. The second-order valence-electron chi connectivity index (χ2n) is 6.13. The van der Waals surface area contributed by atoms with Gasteiger partial charge >= 0.3 is 0 Å². The first-order valence-corrected chi connectivity index (χ1v) is 9.71. The molecule has 1 fully saturated rings. The van der Waals surface area contributed by atoms with E-state index in [1.807, 2.05) is 23.0 Å². The van der Waals surface area contributed by atoms with Crippen LogP contribution in [-0.2, 0) is 15.8 Å². The van der Waals surface area contributed by atoms with Crippen molar-refractivity contribution in [1.82, 2.24) is 14.5 Å². The molecule has 0 radical (unpaired) electrons. The van der Waals surface area contributed by atoms with Crippen molar-refractivity contribution in [3.8, 4) is 6.07 Å². The molecule has 0 unspecified atom stereocenters. The van der Waals surface area contributed by atoms with E-state index in [2.05, 4.69) is 9.82 Å². The van der Waals surface area contributed by atoms with Crippen LogP contribution in [0, 0.1) is 11.3 Å². The summed E-state index contributed by atoms with van der Waals surface area (Å²) in [5, 5.41) is 13.2. The molecule has 1 aliphatic rings. The van der Waals surface area contributed by atoms with Crippen molar-refractivity contribution in [1.29, 1.82) is 5.26 Å². The zero-order chi connectivity index (χ0) is 17.0. The van der Waals surface area contributed by atoms with Gasteiger partial charge in [-0.2, -0.15) is 10.4 Å². The number of aromatic nitrogens is 2. The van der Waals surface area contributed by atoms with Gasteiger partial charge in [0.05, 0.1) is 23.4 Å². The van der Waals surface area contributed by atoms with Crippen LogP contribution in [0.15, 0.2) is 42.7 Å². The number of nitrogens with zero attached hydrogens (tertiary/aromatic N) is 3. The molecular formula is C17H20N4O2S. The number of nitrogens with one attached hydrogen (secondary N) is 1. The Balaban J connectivity index is 1.74. The van der Waals surface area contributed by atoms with Gasteiger partial charge in [0, 0.05) is 18.4 Å². The lowest BCUT2D eigenvalue weighted by Gasteiger charge is -2.32. The van der Waals surface area contributed by atoms with Gasteiger partial charge < -0.3 is 0 Å². The Hall–Kier alpha value is -2.17. The molecule has 3 rings (SSSR count). The van der Waals surface area contributed by atoms with Crippen molar-refractivity contribution in [3.63, 3.8) is 0 Å². The zero-order valence-electron chi connectivity index (χ0n) is 13.3. The van der Waals surface area contributed by atoms with E-state index in [0.29, 0.717) is 11.1 Å². The summed E-state index contributed by atoms with van der Waals surface area (Å²) in [4.78, 5) is 0. The molecule has 2 aromatic rings. The normalized spacial score (nSPS) is 21.3. The molecule has 1 saturated carbocycles. The fraction of sp³-hybridized carbons (Fsp3) is 0.412. The Morgan fingerprint density at radius 3 is 2.88 bits per heavy atom. The van der Waals surface area contributed by atoms with Gasteiger partial charge in [0.15, 0.2) is 0 Å². The molecule has 1 N–H and O–H groups in total. The van der Waals surface area contributed by atoms with Gasteiger partial charge in [-0.15, -0.1) is 0 Å². The molecule has 7 heteroatoms. The van der Waals surface area contributed by atoms with Gasteiger partial charge in [-0.3, -0.25) is 4.68 Å². The monoisotopic (exact) mass is 344 g/mol. The van der Waals surface area contributed by atoms with E-state index >= 15 is 0 Å². The first-order chi connectivity index (χ1) is 11.6. The third kappa shape index (κ3) is 4.02. The fourth-order valence-electron chi connectivity index (χ4n) is 3.26. The van der Waals surface area contributed by atoms with Crippen molar-refractivity contribution in [2.75, 3.05) is 0 Å². The summed E-state index contributed by atoms with van der Waals surface area (Å²) < 4.78 is 29.8. The summed E-state index contributed by atoms with van der Waals surface area (Å²) in [5.74, 6) is -0.120. The van der Waals surface area contributed by atoms with Gasteiger partial charge in [0.1, 0.15) is 0 Å². The van der Waals surface area contributed by atoms with Gasteiger partial charge in [0.2, 0.25) is 10.0 Å². The van der Waals surface area contributed by atoms with Crippen molar-refractivity contribution in [2.24, 2.45) is 0 Å². The van der Waals surface area contributed by atoms with E-state index in [9.17, 15) is 8.42 Å². The molecule has 2 atom stereocenters. The van der Waals surface area contributed by atoms with Crippen LogP contribution in [0.5, 0.6) is 0 Å². The molecule has 0 bridgehead atoms. The third-order valence-electron chi connectivity index (χ3n) is 4.34. The smallest absolute Gasteiger partial charge is 0.216 e. The summed E-state index contributed by atoms with van der Waals surface area (Å²) in [7, 11) is -3.48. The SMILES string of the molecule is N#Cc1cccc(CS(=O)(=O)N[C@@H]2CCCC[C@H]2n2cccn2)c1. The minimum absolute atomic E-state index is 0.0500. The summed E-state index contributed by atoms with van der Waals surface area (Å²) in [6.45, 7) is 0. The predicted octanol–water partition coefficient (Wildman–Crippen LogP) is 2.36. The van der Waals surface area contributed by atoms with Crippen LogP contribution in [-0.4, -0.2) is 24.2 Å². The number of nitriles is 1. The average molecular weight is 344 g/mol. The molecule has 1 aliphatic carbocycles. The molecular weight excluding hydrogens is 324 g/mol. The van der Waals surface area contributed by atoms with Crippen LogP contribution >= 0.6 is 0 Å². The molecule has 1 aromatic heterocycles. The van der Waals surface area contributed by atoms with E-state index in [-0.39, 0.29) is 17.8 Å². The lowest BCUT2D eigenvalue weighted by atomic mass is 9.91. The van der Waals surface area contributed by atoms with E-state index in [1.165, 1.54) is 0 Å². The van der Waals surface area contributed by atoms with Crippen LogP contribution in [0.25, 0.3) is 0 Å². The van der Waals surface area contributed by atoms with Crippen LogP contribution in [0.3, 0.4) is 0 Å². The highest BCUT2D eigenvalue weighted by atomic mass is 32.2. The summed E-state index contributed by atoms with van der Waals surface area (Å²) in [5.41, 5.74) is 1.09. The first kappa shape index (κ1) is 16.7. The van der Waals surface area contributed by atoms with Crippen LogP contribution < -0.4 is 4.72 Å². The molecule has 1 aromatic carbocycles. The minimum atomic E-state index is -3.48. The lowest BCUT2D eigenvalue weighted by Crippen LogP contribution is -2.43. The van der Waals surface area contributed by atoms with Crippen molar-refractivity contribution in [3.05, 3.63) is 53.9 Å². The Morgan fingerprint density at radius 1 is 1.29 bits per heavy atom. The molecule has 6 nitrogen and oxygen atoms in total. The van der Waals surface area contributed by atoms with Crippen molar-refractivity contribution < 1.29 is 8.42 Å². The second-order valence-corrected chi connectivity index (χ2v) is 7.89. The van der Waals surface area contributed by atoms with Gasteiger partial charge in [0.25, 0.3) is 0 Å². The molecule has 0 amide bonds. The largest absolute Gasteiger partial charge is 0.268 e. The standard InChI is InChI=1S/C17H20N4O2S/c18-12-14-5-3-6-15(11-14)13-24(22,23)20-16-7-1-2-8-17(16)21-10-4-9-19-21/h3-6,9-11,16-17,20H,1-2,7-8,13H2/t16-,17-/m1/s1. The number of hydrogen-bond donors (Lipinski definition) is 1. The highest BCUT2D eigenvalue weighted by Crippen LogP contribution is 2.28. The Bertz CT molecular complexity index is 825. The maximum Gasteiger partial charge on any atom is 0.216 e. The van der Waals surface area contributed by atoms with Gasteiger partial charge in [-0.1, -0.05) is 25.0 Å². The zero-order valence-corrected chi connectivity index (χ0v) is 14.1. The number of rotatable bonds is 5. The quantitative estimate of drug-likeness (QED) is 0.902. The molecule has 24 heavy (non-hydrogen) atoms. The van der Waals surface area contributed by atoms with Crippen LogP contribution in [0.4, 0.5) is 0 Å². The highest BCUT2D eigenvalue weighted by Gasteiger charge is 2.30. The molecule has 0 aliphatic heterocycles. The average Bonchev–Trinajstić information content (AvgIpc) is 3.09. The fourth-order valence-corrected chi connectivity index (χ4v) is 4.70. The Labute approximate surface area is 142 Å². The van der Waals surface area contributed by atoms with E-state index in [0.717, 1.165) is 25.7 Å². The van der Waals surface area contributed by atoms with E-state index < -0.39 is 10.0 Å². The number of hydrogen-bond acceptors (Lipinski definition) is 4. The van der Waals surface area contributed by atoms with Crippen LogP contribution in [0.2, 0.25) is 0 Å². The Morgan fingerprint density at radius 2 is 2.12 bits per heavy atom. The first-order valence-electron chi connectivity index (χ1n) is 8.05. The van der Waals surface area contributed by atoms with Crippen LogP contribution in [0.1, 0.15) is 42.9 Å². The van der Waals surface area contributed by atoms with Crippen molar-refractivity contribution >= 4 is 10.0 Å². The maximum absolute atomic E-state index is 12.6. The molecule has 0 saturated heterocycles. The summed E-state index contributed by atoms with van der Waals surface area (Å²) in [6, 6.07) is 10.5. The molecule has 0 spiro atoms. The van der Waals surface area contributed by atoms with Gasteiger partial charge in [-0.05, 0) is 36.6 Å². The Kier molecular flexibility index (Phi) is 4.97. The predicted molar refractivity (Wildman–Crippen MR) is 90.4 cm³/mol. The summed E-state index contributed by atoms with van der Waals surface area (Å²) >= 11 is 0. The third-order valence-corrected chi connectivity index (χ3v) is 5.71. The van der Waals surface area contributed by atoms with Gasteiger partial charge in [-0.25, -0.2) is 13.1 Å². The van der Waals surface area contributed by atoms with Crippen molar-refractivity contribution in [2.45, 2.75) is 43.5 Å². The van der Waals surface area contributed by atoms with E-state index in [1.54, 1.807) is 30.5 Å². The molecule has 1 heterocycles. The maximum atomic E-state index is 12.6. The number of benzene rings is 1. The highest BCUT2D eigenvalue weighted by molar-refractivity contribution is 7.88.